The first-order valence-electron chi connectivity index (χ1n) is 2.29. The van der Waals surface area contributed by atoms with Crippen molar-refractivity contribution in [3.63, 3.8) is 0 Å². The van der Waals surface area contributed by atoms with Crippen LogP contribution in [-0.4, -0.2) is 12.4 Å². The van der Waals surface area contributed by atoms with Crippen LogP contribution < -0.4 is 0 Å². The van der Waals surface area contributed by atoms with E-state index in [2.05, 4.69) is 24.1 Å². The van der Waals surface area contributed by atoms with Gasteiger partial charge in [0.2, 0.25) is 0 Å². The summed E-state index contributed by atoms with van der Waals surface area (Å²) in [5.41, 5.74) is 0.111. The Balaban J connectivity index is 0.000000490. The summed E-state index contributed by atoms with van der Waals surface area (Å²) < 4.78 is 0. The first-order valence-corrected chi connectivity index (χ1v) is 2.29. The van der Waals surface area contributed by atoms with Gasteiger partial charge in [0, 0.05) is 37.3 Å². The Morgan fingerprint density at radius 3 is 1.62 bits per heavy atom. The van der Waals surface area contributed by atoms with Crippen molar-refractivity contribution in [1.29, 1.82) is 0 Å². The fraction of sp³-hybridized carbons (Fsp3) is 0.600. The van der Waals surface area contributed by atoms with Crippen molar-refractivity contribution >= 4 is 12.4 Å². The molecular formula is C5H8N2Zn. The van der Waals surface area contributed by atoms with Gasteiger partial charge in [-0.2, -0.15) is 10.2 Å². The predicted octanol–water partition coefficient (Wildman–Crippen LogP) is 1.08. The van der Waals surface area contributed by atoms with Crippen LogP contribution in [0.4, 0.5) is 0 Å². The monoisotopic (exact) mass is 160 g/mol. The normalized spacial score (nSPS) is 20.8. The van der Waals surface area contributed by atoms with Crippen molar-refractivity contribution < 1.29 is 19.5 Å². The van der Waals surface area contributed by atoms with Gasteiger partial charge >= 0.3 is 0 Å². The van der Waals surface area contributed by atoms with Crippen LogP contribution in [0.2, 0.25) is 0 Å². The van der Waals surface area contributed by atoms with Crippen LogP contribution in [0.5, 0.6) is 0 Å². The van der Waals surface area contributed by atoms with Gasteiger partial charge in [-0.3, -0.25) is 0 Å². The second-order valence-electron chi connectivity index (χ2n) is 2.31. The van der Waals surface area contributed by atoms with Crippen molar-refractivity contribution in [1.82, 2.24) is 0 Å². The standard InChI is InChI=1S/C5H8N2.Zn/c1-5(2)3-6-7-4-5;/h3-4H,1-2H3;. The SMILES string of the molecule is CC1(C)C=NN=C1.[Zn]. The van der Waals surface area contributed by atoms with Crippen molar-refractivity contribution in [2.75, 3.05) is 0 Å². The third kappa shape index (κ3) is 1.83. The van der Waals surface area contributed by atoms with Gasteiger partial charge in [-0.05, 0) is 13.8 Å². The molecule has 2 nitrogen and oxygen atoms in total. The summed E-state index contributed by atoms with van der Waals surface area (Å²) in [4.78, 5) is 0. The average Bonchev–Trinajstić information content (AvgIpc) is 1.84. The van der Waals surface area contributed by atoms with Gasteiger partial charge in [-0.15, -0.1) is 0 Å². The fourth-order valence-electron chi connectivity index (χ4n) is 0.398. The Hall–Kier alpha value is -0.0366. The molecular weight excluding hydrogens is 153 g/mol. The minimum atomic E-state index is 0. The summed E-state index contributed by atoms with van der Waals surface area (Å²) in [5.74, 6) is 0. The third-order valence-corrected chi connectivity index (χ3v) is 0.848. The molecule has 0 unspecified atom stereocenters. The van der Waals surface area contributed by atoms with Crippen LogP contribution in [0, 0.1) is 5.41 Å². The molecule has 0 fully saturated rings. The predicted molar refractivity (Wildman–Crippen MR) is 30.8 cm³/mol. The first kappa shape index (κ1) is 7.96. The molecule has 0 aromatic rings. The molecule has 40 valence electrons. The fourth-order valence-corrected chi connectivity index (χ4v) is 0.398. The van der Waals surface area contributed by atoms with Gasteiger partial charge in [-0.1, -0.05) is 0 Å². The quantitative estimate of drug-likeness (QED) is 0.475. The van der Waals surface area contributed by atoms with Gasteiger partial charge in [0.1, 0.15) is 0 Å². The maximum absolute atomic E-state index is 3.68. The van der Waals surface area contributed by atoms with E-state index >= 15 is 0 Å². The molecule has 1 heterocycles. The van der Waals surface area contributed by atoms with Crippen molar-refractivity contribution in [2.45, 2.75) is 13.8 Å². The summed E-state index contributed by atoms with van der Waals surface area (Å²) in [6, 6.07) is 0. The Labute approximate surface area is 61.8 Å². The second-order valence-corrected chi connectivity index (χ2v) is 2.31. The third-order valence-electron chi connectivity index (χ3n) is 0.848. The largest absolute Gasteiger partial charge is 0.163 e. The minimum Gasteiger partial charge on any atom is -0.163 e. The molecule has 8 heavy (non-hydrogen) atoms. The van der Waals surface area contributed by atoms with E-state index in [0.717, 1.165) is 0 Å². The van der Waals surface area contributed by atoms with E-state index in [1.165, 1.54) is 0 Å². The maximum atomic E-state index is 3.68. The van der Waals surface area contributed by atoms with Gasteiger partial charge in [0.05, 0.1) is 0 Å². The molecule has 1 aliphatic heterocycles. The molecule has 1 rings (SSSR count). The van der Waals surface area contributed by atoms with Crippen LogP contribution in [0.15, 0.2) is 10.2 Å². The van der Waals surface area contributed by atoms with Crippen LogP contribution in [0.25, 0.3) is 0 Å². The summed E-state index contributed by atoms with van der Waals surface area (Å²) in [6.07, 6.45) is 3.65. The van der Waals surface area contributed by atoms with Crippen LogP contribution >= 0.6 is 0 Å². The molecule has 0 atom stereocenters. The van der Waals surface area contributed by atoms with Crippen molar-refractivity contribution in [2.24, 2.45) is 15.6 Å². The van der Waals surface area contributed by atoms with Crippen LogP contribution in [-0.2, 0) is 19.5 Å². The maximum Gasteiger partial charge on any atom is 0.0390 e. The Morgan fingerprint density at radius 2 is 1.50 bits per heavy atom. The first-order chi connectivity index (χ1) is 3.21. The van der Waals surface area contributed by atoms with Crippen LogP contribution in [0.3, 0.4) is 0 Å². The smallest absolute Gasteiger partial charge is 0.0390 e. The molecule has 1 aliphatic rings. The number of hydrogen-bond acceptors (Lipinski definition) is 2. The molecule has 0 amide bonds. The molecule has 0 spiro atoms. The number of nitrogens with zero attached hydrogens (tertiary/aromatic N) is 2. The Kier molecular flexibility index (Phi) is 2.48. The summed E-state index contributed by atoms with van der Waals surface area (Å²) in [6.45, 7) is 4.12. The summed E-state index contributed by atoms with van der Waals surface area (Å²) in [5, 5.41) is 7.36. The molecule has 3 heteroatoms. The van der Waals surface area contributed by atoms with E-state index in [9.17, 15) is 0 Å². The molecule has 0 aromatic heterocycles. The van der Waals surface area contributed by atoms with E-state index in [1.54, 1.807) is 0 Å². The van der Waals surface area contributed by atoms with Crippen molar-refractivity contribution in [3.05, 3.63) is 0 Å². The van der Waals surface area contributed by atoms with E-state index in [-0.39, 0.29) is 24.9 Å². The van der Waals surface area contributed by atoms with Crippen LogP contribution in [0.1, 0.15) is 13.8 Å². The van der Waals surface area contributed by atoms with E-state index in [1.807, 2.05) is 12.4 Å². The number of rotatable bonds is 0. The minimum absolute atomic E-state index is 0. The second kappa shape index (κ2) is 2.49. The van der Waals surface area contributed by atoms with E-state index < -0.39 is 0 Å². The van der Waals surface area contributed by atoms with Gasteiger partial charge < -0.3 is 0 Å². The number of hydrogen-bond donors (Lipinski definition) is 0. The molecule has 0 saturated carbocycles. The van der Waals surface area contributed by atoms with Gasteiger partial charge in [0.15, 0.2) is 0 Å². The molecule has 0 bridgehead atoms. The molecule has 0 radical (unpaired) electrons. The Bertz CT molecular complexity index is 112. The molecule has 0 aromatic carbocycles. The summed E-state index contributed by atoms with van der Waals surface area (Å²) in [7, 11) is 0. The zero-order chi connectivity index (χ0) is 5.33. The van der Waals surface area contributed by atoms with Crippen molar-refractivity contribution in [3.8, 4) is 0 Å². The molecule has 0 saturated heterocycles. The van der Waals surface area contributed by atoms with E-state index in [4.69, 9.17) is 0 Å². The van der Waals surface area contributed by atoms with Gasteiger partial charge in [0.25, 0.3) is 0 Å². The zero-order valence-corrected chi connectivity index (χ0v) is 8.22. The van der Waals surface area contributed by atoms with Gasteiger partial charge in [-0.25, -0.2) is 0 Å². The van der Waals surface area contributed by atoms with E-state index in [0.29, 0.717) is 0 Å². The molecule has 0 N–H and O–H groups in total. The zero-order valence-electron chi connectivity index (χ0n) is 5.26. The summed E-state index contributed by atoms with van der Waals surface area (Å²) >= 11 is 0. The Morgan fingerprint density at radius 1 is 1.12 bits per heavy atom. The average molecular weight is 162 g/mol. The molecule has 0 aliphatic carbocycles. The topological polar surface area (TPSA) is 24.7 Å².